The van der Waals surface area contributed by atoms with E-state index in [1.54, 1.807) is 21.9 Å². The topological polar surface area (TPSA) is 68.3 Å². The molecule has 1 aliphatic rings. The average Bonchev–Trinajstić information content (AvgIpc) is 2.77. The number of carbonyl (C=O) groups excluding carboxylic acids is 2. The van der Waals surface area contributed by atoms with Crippen LogP contribution in [0.3, 0.4) is 0 Å². The van der Waals surface area contributed by atoms with Crippen LogP contribution in [-0.4, -0.2) is 69.1 Å². The van der Waals surface area contributed by atoms with E-state index in [-0.39, 0.29) is 11.8 Å². The summed E-state index contributed by atoms with van der Waals surface area (Å²) in [5.74, 6) is 1.20. The highest BCUT2D eigenvalue weighted by Crippen LogP contribution is 2.35. The molecule has 0 atom stereocenters. The smallest absolute Gasteiger partial charge is 0.257 e. The van der Waals surface area contributed by atoms with Crippen molar-refractivity contribution >= 4 is 11.8 Å². The monoisotopic (exact) mass is 398 g/mol. The van der Waals surface area contributed by atoms with Crippen LogP contribution in [0.15, 0.2) is 36.4 Å². The van der Waals surface area contributed by atoms with E-state index in [2.05, 4.69) is 0 Å². The Labute approximate surface area is 170 Å². The summed E-state index contributed by atoms with van der Waals surface area (Å²) in [6.07, 6.45) is 0. The number of piperazine rings is 1. The molecular formula is C22H26N2O5. The van der Waals surface area contributed by atoms with E-state index in [0.29, 0.717) is 54.6 Å². The van der Waals surface area contributed by atoms with Crippen molar-refractivity contribution < 1.29 is 23.8 Å². The number of amides is 2. The van der Waals surface area contributed by atoms with Crippen molar-refractivity contribution in [3.63, 3.8) is 0 Å². The highest BCUT2D eigenvalue weighted by molar-refractivity contribution is 5.98. The van der Waals surface area contributed by atoms with Crippen molar-refractivity contribution in [1.82, 2.24) is 9.80 Å². The van der Waals surface area contributed by atoms with Crippen LogP contribution in [-0.2, 0) is 0 Å². The molecule has 1 aliphatic heterocycles. The lowest BCUT2D eigenvalue weighted by Crippen LogP contribution is -2.50. The largest absolute Gasteiger partial charge is 0.496 e. The molecule has 2 amide bonds. The van der Waals surface area contributed by atoms with Gasteiger partial charge in [0.05, 0.1) is 26.9 Å². The van der Waals surface area contributed by atoms with Crippen molar-refractivity contribution in [3.8, 4) is 17.2 Å². The fourth-order valence-electron chi connectivity index (χ4n) is 3.36. The van der Waals surface area contributed by atoms with Gasteiger partial charge >= 0.3 is 0 Å². The fraction of sp³-hybridized carbons (Fsp3) is 0.364. The summed E-state index contributed by atoms with van der Waals surface area (Å²) in [5.41, 5.74) is 2.18. The summed E-state index contributed by atoms with van der Waals surface area (Å²) in [4.78, 5) is 29.3. The Balaban J connectivity index is 1.71. The Hall–Kier alpha value is -3.22. The van der Waals surface area contributed by atoms with Crippen LogP contribution >= 0.6 is 0 Å². The Morgan fingerprint density at radius 3 is 1.72 bits per heavy atom. The van der Waals surface area contributed by atoms with Gasteiger partial charge in [0.2, 0.25) is 0 Å². The van der Waals surface area contributed by atoms with Gasteiger partial charge in [0, 0.05) is 43.9 Å². The van der Waals surface area contributed by atoms with Gasteiger partial charge < -0.3 is 24.0 Å². The van der Waals surface area contributed by atoms with Gasteiger partial charge in [0.15, 0.2) is 11.5 Å². The zero-order valence-corrected chi connectivity index (χ0v) is 17.2. The van der Waals surface area contributed by atoms with Gasteiger partial charge in [-0.3, -0.25) is 9.59 Å². The third-order valence-electron chi connectivity index (χ3n) is 5.09. The number of methoxy groups -OCH3 is 3. The first kappa shape index (κ1) is 20.5. The molecule has 2 aromatic rings. The lowest BCUT2D eigenvalue weighted by molar-refractivity contribution is 0.0533. The normalized spacial score (nSPS) is 13.8. The van der Waals surface area contributed by atoms with Crippen LogP contribution in [0.1, 0.15) is 26.3 Å². The third kappa shape index (κ3) is 4.29. The maximum Gasteiger partial charge on any atom is 0.257 e. The molecule has 3 rings (SSSR count). The first-order valence-corrected chi connectivity index (χ1v) is 9.43. The first-order chi connectivity index (χ1) is 14.0. The maximum absolute atomic E-state index is 13.1. The van der Waals surface area contributed by atoms with Gasteiger partial charge in [-0.25, -0.2) is 0 Å². The zero-order valence-electron chi connectivity index (χ0n) is 17.2. The van der Waals surface area contributed by atoms with Gasteiger partial charge in [-0.1, -0.05) is 17.7 Å². The van der Waals surface area contributed by atoms with Crippen molar-refractivity contribution in [3.05, 3.63) is 53.1 Å². The van der Waals surface area contributed by atoms with Crippen molar-refractivity contribution in [1.29, 1.82) is 0 Å². The second kappa shape index (κ2) is 8.86. The van der Waals surface area contributed by atoms with Gasteiger partial charge in [0.1, 0.15) is 5.75 Å². The number of aryl methyl sites for hydroxylation is 1. The minimum atomic E-state index is -0.162. The molecule has 0 saturated carbocycles. The molecule has 7 nitrogen and oxygen atoms in total. The molecular weight excluding hydrogens is 372 g/mol. The second-order valence-electron chi connectivity index (χ2n) is 6.86. The van der Waals surface area contributed by atoms with E-state index < -0.39 is 0 Å². The molecule has 0 aliphatic carbocycles. The Morgan fingerprint density at radius 2 is 1.21 bits per heavy atom. The lowest BCUT2D eigenvalue weighted by Gasteiger charge is -2.35. The Kier molecular flexibility index (Phi) is 6.26. The Morgan fingerprint density at radius 1 is 0.724 bits per heavy atom. The van der Waals surface area contributed by atoms with Crippen LogP contribution in [0.2, 0.25) is 0 Å². The molecule has 2 aromatic carbocycles. The summed E-state index contributed by atoms with van der Waals surface area (Å²) in [6, 6.07) is 10.8. The average molecular weight is 398 g/mol. The number of benzene rings is 2. The van der Waals surface area contributed by atoms with Crippen LogP contribution in [0, 0.1) is 6.92 Å². The molecule has 1 saturated heterocycles. The molecule has 154 valence electrons. The molecule has 29 heavy (non-hydrogen) atoms. The van der Waals surface area contributed by atoms with E-state index in [4.69, 9.17) is 14.2 Å². The Bertz CT molecular complexity index is 887. The van der Waals surface area contributed by atoms with E-state index >= 15 is 0 Å². The van der Waals surface area contributed by atoms with Gasteiger partial charge in [-0.05, 0) is 19.1 Å². The minimum Gasteiger partial charge on any atom is -0.496 e. The summed E-state index contributed by atoms with van der Waals surface area (Å²) in [7, 11) is 4.56. The van der Waals surface area contributed by atoms with E-state index in [0.717, 1.165) is 5.56 Å². The highest BCUT2D eigenvalue weighted by Gasteiger charge is 2.28. The van der Waals surface area contributed by atoms with Crippen molar-refractivity contribution in [2.24, 2.45) is 0 Å². The van der Waals surface area contributed by atoms with Crippen molar-refractivity contribution in [2.75, 3.05) is 47.5 Å². The molecule has 0 bridgehead atoms. The molecule has 0 unspecified atom stereocenters. The molecule has 0 N–H and O–H groups in total. The van der Waals surface area contributed by atoms with Crippen molar-refractivity contribution in [2.45, 2.75) is 6.92 Å². The predicted molar refractivity (Wildman–Crippen MR) is 109 cm³/mol. The number of hydrogen-bond acceptors (Lipinski definition) is 5. The summed E-state index contributed by atoms with van der Waals surface area (Å²) in [6.45, 7) is 3.85. The molecule has 1 fully saturated rings. The predicted octanol–water partition coefficient (Wildman–Crippen LogP) is 2.62. The van der Waals surface area contributed by atoms with E-state index in [1.165, 1.54) is 21.3 Å². The SMILES string of the molecule is COc1cc(OC)c(C(=O)N2CCN(C(=O)c3ccc(C)cc3)CC2)cc1OC. The maximum atomic E-state index is 13.1. The molecule has 7 heteroatoms. The summed E-state index contributed by atoms with van der Waals surface area (Å²) in [5, 5.41) is 0. The standard InChI is InChI=1S/C22H26N2O5/c1-15-5-7-16(8-6-15)21(25)23-9-11-24(12-10-23)22(26)17-13-19(28-3)20(29-4)14-18(17)27-2/h5-8,13-14H,9-12H2,1-4H3. The lowest BCUT2D eigenvalue weighted by atomic mass is 10.1. The zero-order chi connectivity index (χ0) is 21.0. The van der Waals surface area contributed by atoms with Crippen LogP contribution in [0.4, 0.5) is 0 Å². The fourth-order valence-corrected chi connectivity index (χ4v) is 3.36. The third-order valence-corrected chi connectivity index (χ3v) is 5.09. The number of nitrogens with zero attached hydrogens (tertiary/aromatic N) is 2. The quantitative estimate of drug-likeness (QED) is 0.775. The number of carbonyl (C=O) groups is 2. The van der Waals surface area contributed by atoms with Gasteiger partial charge in [-0.2, -0.15) is 0 Å². The van der Waals surface area contributed by atoms with Crippen LogP contribution in [0.25, 0.3) is 0 Å². The molecule has 0 aromatic heterocycles. The van der Waals surface area contributed by atoms with Crippen LogP contribution < -0.4 is 14.2 Å². The number of hydrogen-bond donors (Lipinski definition) is 0. The minimum absolute atomic E-state index is 0.0132. The number of ether oxygens (including phenoxy) is 3. The first-order valence-electron chi connectivity index (χ1n) is 9.43. The van der Waals surface area contributed by atoms with E-state index in [1.807, 2.05) is 31.2 Å². The molecule has 0 radical (unpaired) electrons. The van der Waals surface area contributed by atoms with Gasteiger partial charge in [-0.15, -0.1) is 0 Å². The second-order valence-corrected chi connectivity index (χ2v) is 6.86. The highest BCUT2D eigenvalue weighted by atomic mass is 16.5. The van der Waals surface area contributed by atoms with E-state index in [9.17, 15) is 9.59 Å². The summed E-state index contributed by atoms with van der Waals surface area (Å²) < 4.78 is 16.0. The molecule has 1 heterocycles. The van der Waals surface area contributed by atoms with Crippen LogP contribution in [0.5, 0.6) is 17.2 Å². The number of rotatable bonds is 5. The molecule has 0 spiro atoms. The van der Waals surface area contributed by atoms with Gasteiger partial charge in [0.25, 0.3) is 11.8 Å². The summed E-state index contributed by atoms with van der Waals surface area (Å²) >= 11 is 0.